The predicted octanol–water partition coefficient (Wildman–Crippen LogP) is 1.25. The van der Waals surface area contributed by atoms with Gasteiger partial charge in [-0.1, -0.05) is 6.42 Å². The number of nitrogens with two attached hydrogens (primary N) is 1. The highest BCUT2D eigenvalue weighted by Gasteiger charge is 2.42. The van der Waals surface area contributed by atoms with E-state index in [2.05, 4.69) is 17.1 Å². The molecule has 0 spiro atoms. The highest BCUT2D eigenvalue weighted by Crippen LogP contribution is 2.33. The van der Waals surface area contributed by atoms with Crippen molar-refractivity contribution >= 4 is 5.91 Å². The minimum Gasteiger partial charge on any atom is -0.368 e. The summed E-state index contributed by atoms with van der Waals surface area (Å²) < 4.78 is 0. The molecule has 0 aromatic carbocycles. The molecule has 0 aromatic heterocycles. The monoisotopic (exact) mass is 253 g/mol. The van der Waals surface area contributed by atoms with Crippen LogP contribution in [0.3, 0.4) is 0 Å². The van der Waals surface area contributed by atoms with E-state index in [0.717, 1.165) is 19.3 Å². The van der Waals surface area contributed by atoms with Crippen molar-refractivity contribution in [2.75, 3.05) is 13.6 Å². The molecule has 104 valence electrons. The molecule has 4 nitrogen and oxygen atoms in total. The van der Waals surface area contributed by atoms with Crippen LogP contribution in [0.4, 0.5) is 0 Å². The molecule has 0 radical (unpaired) electrons. The first-order valence-corrected chi connectivity index (χ1v) is 7.33. The van der Waals surface area contributed by atoms with Crippen molar-refractivity contribution in [3.8, 4) is 0 Å². The number of carbonyl (C=O) groups is 1. The fourth-order valence-corrected chi connectivity index (χ4v) is 3.77. The molecule has 2 aliphatic rings. The zero-order chi connectivity index (χ0) is 13.2. The molecule has 0 aromatic rings. The number of amides is 1. The highest BCUT2D eigenvalue weighted by atomic mass is 16.1. The number of hydrogen-bond donors (Lipinski definition) is 2. The maximum atomic E-state index is 11.8. The van der Waals surface area contributed by atoms with Gasteiger partial charge in [-0.3, -0.25) is 9.69 Å². The number of nitrogens with one attached hydrogen (secondary N) is 1. The summed E-state index contributed by atoms with van der Waals surface area (Å²) in [5.41, 5.74) is 5.15. The summed E-state index contributed by atoms with van der Waals surface area (Å²) >= 11 is 0. The van der Waals surface area contributed by atoms with Gasteiger partial charge in [-0.05, 0) is 59.0 Å². The standard InChI is InChI=1S/C14H27N3O/c1-11-6-3-4-9-17(11)12-7-5-8-14(10-12,16-2)13(15)18/h11-12,16H,3-10H2,1-2H3,(H2,15,18). The van der Waals surface area contributed by atoms with Crippen LogP contribution < -0.4 is 11.1 Å². The first-order chi connectivity index (χ1) is 8.59. The van der Waals surface area contributed by atoms with Gasteiger partial charge in [0.25, 0.3) is 0 Å². The molecule has 1 aliphatic carbocycles. The SMILES string of the molecule is CNC1(C(N)=O)CCCC(N2CCCCC2C)C1. The van der Waals surface area contributed by atoms with Gasteiger partial charge in [0.2, 0.25) is 5.91 Å². The Labute approximate surface area is 110 Å². The maximum absolute atomic E-state index is 11.8. The molecule has 1 aliphatic heterocycles. The first kappa shape index (κ1) is 13.8. The second-order valence-electron chi connectivity index (χ2n) is 6.03. The molecule has 1 heterocycles. The fraction of sp³-hybridized carbons (Fsp3) is 0.929. The number of carbonyl (C=O) groups excluding carboxylic acids is 1. The highest BCUT2D eigenvalue weighted by molar-refractivity contribution is 5.84. The van der Waals surface area contributed by atoms with Gasteiger partial charge in [0.1, 0.15) is 0 Å². The minimum absolute atomic E-state index is 0.181. The molecular formula is C14H27N3O. The molecular weight excluding hydrogens is 226 g/mol. The number of rotatable bonds is 3. The number of likely N-dealkylation sites (N-methyl/N-ethyl adjacent to an activating group) is 1. The Morgan fingerprint density at radius 2 is 2.11 bits per heavy atom. The Balaban J connectivity index is 2.07. The van der Waals surface area contributed by atoms with Gasteiger partial charge in [-0.25, -0.2) is 0 Å². The Morgan fingerprint density at radius 1 is 1.33 bits per heavy atom. The molecule has 4 heteroatoms. The zero-order valence-electron chi connectivity index (χ0n) is 11.7. The molecule has 0 bridgehead atoms. The average molecular weight is 253 g/mol. The van der Waals surface area contributed by atoms with E-state index < -0.39 is 5.54 Å². The molecule has 3 atom stereocenters. The number of likely N-dealkylation sites (tertiary alicyclic amines) is 1. The number of hydrogen-bond acceptors (Lipinski definition) is 3. The quantitative estimate of drug-likeness (QED) is 0.796. The van der Waals surface area contributed by atoms with Crippen molar-refractivity contribution in [3.63, 3.8) is 0 Å². The molecule has 1 saturated carbocycles. The number of primary amides is 1. The molecule has 18 heavy (non-hydrogen) atoms. The van der Waals surface area contributed by atoms with Crippen molar-refractivity contribution in [1.29, 1.82) is 0 Å². The average Bonchev–Trinajstić information content (AvgIpc) is 2.39. The number of nitrogens with zero attached hydrogens (tertiary/aromatic N) is 1. The van der Waals surface area contributed by atoms with E-state index in [1.165, 1.54) is 32.2 Å². The van der Waals surface area contributed by atoms with E-state index in [1.807, 2.05) is 7.05 Å². The first-order valence-electron chi connectivity index (χ1n) is 7.33. The van der Waals surface area contributed by atoms with Crippen LogP contribution in [0.25, 0.3) is 0 Å². The lowest BCUT2D eigenvalue weighted by atomic mass is 9.77. The lowest BCUT2D eigenvalue weighted by Gasteiger charge is -2.46. The normalized spacial score (nSPS) is 38.6. The van der Waals surface area contributed by atoms with Crippen molar-refractivity contribution in [3.05, 3.63) is 0 Å². The number of piperidine rings is 1. The van der Waals surface area contributed by atoms with Gasteiger partial charge in [-0.2, -0.15) is 0 Å². The Morgan fingerprint density at radius 3 is 2.72 bits per heavy atom. The van der Waals surface area contributed by atoms with Crippen LogP contribution in [0, 0.1) is 0 Å². The summed E-state index contributed by atoms with van der Waals surface area (Å²) in [6, 6.07) is 1.18. The Kier molecular flexibility index (Phi) is 4.28. The zero-order valence-corrected chi connectivity index (χ0v) is 11.7. The minimum atomic E-state index is -0.472. The third kappa shape index (κ3) is 2.54. The van der Waals surface area contributed by atoms with Crippen LogP contribution in [0.2, 0.25) is 0 Å². The third-order valence-corrected chi connectivity index (χ3v) is 5.00. The van der Waals surface area contributed by atoms with E-state index in [-0.39, 0.29) is 5.91 Å². The van der Waals surface area contributed by atoms with Crippen molar-refractivity contribution < 1.29 is 4.79 Å². The molecule has 1 saturated heterocycles. The van der Waals surface area contributed by atoms with Gasteiger partial charge in [0.15, 0.2) is 0 Å². The summed E-state index contributed by atoms with van der Waals surface area (Å²) in [4.78, 5) is 14.4. The van der Waals surface area contributed by atoms with Crippen molar-refractivity contribution in [2.24, 2.45) is 5.73 Å². The van der Waals surface area contributed by atoms with Gasteiger partial charge in [0, 0.05) is 12.1 Å². The van der Waals surface area contributed by atoms with Gasteiger partial charge >= 0.3 is 0 Å². The molecule has 2 rings (SSSR count). The van der Waals surface area contributed by atoms with Crippen LogP contribution in [0.5, 0.6) is 0 Å². The Hall–Kier alpha value is -0.610. The van der Waals surface area contributed by atoms with E-state index in [1.54, 1.807) is 0 Å². The van der Waals surface area contributed by atoms with Crippen LogP contribution in [-0.2, 0) is 4.79 Å². The second-order valence-corrected chi connectivity index (χ2v) is 6.03. The predicted molar refractivity (Wildman–Crippen MR) is 73.3 cm³/mol. The maximum Gasteiger partial charge on any atom is 0.237 e. The van der Waals surface area contributed by atoms with E-state index in [0.29, 0.717) is 12.1 Å². The Bertz CT molecular complexity index is 307. The van der Waals surface area contributed by atoms with Gasteiger partial charge < -0.3 is 11.1 Å². The van der Waals surface area contributed by atoms with Crippen LogP contribution in [0.1, 0.15) is 51.9 Å². The van der Waals surface area contributed by atoms with Crippen LogP contribution in [-0.4, -0.2) is 42.0 Å². The van der Waals surface area contributed by atoms with Gasteiger partial charge in [0.05, 0.1) is 5.54 Å². The topological polar surface area (TPSA) is 58.4 Å². The molecule has 1 amide bonds. The van der Waals surface area contributed by atoms with Crippen molar-refractivity contribution in [1.82, 2.24) is 10.2 Å². The lowest BCUT2D eigenvalue weighted by Crippen LogP contribution is -2.60. The summed E-state index contributed by atoms with van der Waals surface area (Å²) in [5, 5.41) is 3.20. The van der Waals surface area contributed by atoms with E-state index in [4.69, 9.17) is 5.73 Å². The summed E-state index contributed by atoms with van der Waals surface area (Å²) in [7, 11) is 1.87. The largest absolute Gasteiger partial charge is 0.368 e. The van der Waals surface area contributed by atoms with Crippen LogP contribution in [0.15, 0.2) is 0 Å². The van der Waals surface area contributed by atoms with E-state index in [9.17, 15) is 4.79 Å². The smallest absolute Gasteiger partial charge is 0.237 e. The summed E-state index contributed by atoms with van der Waals surface area (Å²) in [6.45, 7) is 3.50. The van der Waals surface area contributed by atoms with E-state index >= 15 is 0 Å². The molecule has 2 fully saturated rings. The van der Waals surface area contributed by atoms with Crippen LogP contribution >= 0.6 is 0 Å². The van der Waals surface area contributed by atoms with Crippen molar-refractivity contribution in [2.45, 2.75) is 69.5 Å². The molecule has 3 unspecified atom stereocenters. The van der Waals surface area contributed by atoms with Gasteiger partial charge in [-0.15, -0.1) is 0 Å². The fourth-order valence-electron chi connectivity index (χ4n) is 3.77. The second kappa shape index (κ2) is 5.57. The molecule has 3 N–H and O–H groups in total. The lowest BCUT2D eigenvalue weighted by molar-refractivity contribution is -0.126. The summed E-state index contributed by atoms with van der Waals surface area (Å²) in [5.74, 6) is -0.181. The third-order valence-electron chi connectivity index (χ3n) is 5.00. The summed E-state index contributed by atoms with van der Waals surface area (Å²) in [6.07, 6.45) is 8.00.